The summed E-state index contributed by atoms with van der Waals surface area (Å²) in [6, 6.07) is 6.29. The monoisotopic (exact) mass is 284 g/mol. The Bertz CT molecular complexity index is 334. The summed E-state index contributed by atoms with van der Waals surface area (Å²) in [5.74, 6) is 1.70. The first kappa shape index (κ1) is 13.6. The van der Waals surface area contributed by atoms with Crippen LogP contribution in [0.3, 0.4) is 0 Å². The first-order valence-corrected chi connectivity index (χ1v) is 6.74. The first-order chi connectivity index (χ1) is 7.54. The highest BCUT2D eigenvalue weighted by Crippen LogP contribution is 2.32. The third-order valence-corrected chi connectivity index (χ3v) is 3.76. The summed E-state index contributed by atoms with van der Waals surface area (Å²) < 4.78 is 5.21. The number of ether oxygens (including phenoxy) is 1. The normalized spacial score (nSPS) is 12.9. The lowest BCUT2D eigenvalue weighted by molar-refractivity contribution is 0.414. The molecule has 0 saturated heterocycles. The van der Waals surface area contributed by atoms with E-state index in [9.17, 15) is 0 Å². The van der Waals surface area contributed by atoms with E-state index in [-0.39, 0.29) is 0 Å². The molecule has 0 aliphatic rings. The maximum atomic E-state index is 5.21. The highest BCUT2D eigenvalue weighted by molar-refractivity contribution is 9.09. The molecule has 1 atom stereocenters. The van der Waals surface area contributed by atoms with Gasteiger partial charge in [0, 0.05) is 4.83 Å². The van der Waals surface area contributed by atoms with Gasteiger partial charge < -0.3 is 4.74 Å². The van der Waals surface area contributed by atoms with Gasteiger partial charge in [-0.05, 0) is 48.9 Å². The van der Waals surface area contributed by atoms with Crippen molar-refractivity contribution in [1.29, 1.82) is 0 Å². The molecular weight excluding hydrogens is 264 g/mol. The van der Waals surface area contributed by atoms with Crippen molar-refractivity contribution in [2.45, 2.75) is 38.4 Å². The molecule has 0 amide bonds. The molecule has 1 rings (SSSR count). The van der Waals surface area contributed by atoms with E-state index in [0.29, 0.717) is 4.83 Å². The summed E-state index contributed by atoms with van der Waals surface area (Å²) >= 11 is 3.77. The van der Waals surface area contributed by atoms with Crippen LogP contribution in [0.1, 0.15) is 42.6 Å². The van der Waals surface area contributed by atoms with Gasteiger partial charge in [0.15, 0.2) is 0 Å². The SMILES string of the molecule is COc1ccc(C(Br)CCC(C)C)c(C)c1. The topological polar surface area (TPSA) is 9.23 Å². The Kier molecular flexibility index (Phi) is 5.33. The van der Waals surface area contributed by atoms with Crippen LogP contribution in [0.2, 0.25) is 0 Å². The molecule has 0 N–H and O–H groups in total. The summed E-state index contributed by atoms with van der Waals surface area (Å²) in [6.45, 7) is 6.67. The molecule has 0 heterocycles. The number of methoxy groups -OCH3 is 1. The van der Waals surface area contributed by atoms with E-state index in [1.807, 2.05) is 6.07 Å². The van der Waals surface area contributed by atoms with Gasteiger partial charge in [0.05, 0.1) is 7.11 Å². The van der Waals surface area contributed by atoms with Gasteiger partial charge in [-0.3, -0.25) is 0 Å². The molecule has 0 saturated carbocycles. The van der Waals surface area contributed by atoms with Crippen LogP contribution >= 0.6 is 15.9 Å². The number of hydrogen-bond donors (Lipinski definition) is 0. The molecule has 1 aromatic rings. The van der Waals surface area contributed by atoms with Crippen molar-refractivity contribution < 1.29 is 4.74 Å². The average Bonchev–Trinajstić information content (AvgIpc) is 2.25. The highest BCUT2D eigenvalue weighted by atomic mass is 79.9. The van der Waals surface area contributed by atoms with Crippen LogP contribution in [-0.4, -0.2) is 7.11 Å². The Morgan fingerprint density at radius 2 is 1.94 bits per heavy atom. The van der Waals surface area contributed by atoms with Gasteiger partial charge in [0.25, 0.3) is 0 Å². The minimum atomic E-state index is 0.459. The van der Waals surface area contributed by atoms with Gasteiger partial charge in [-0.15, -0.1) is 0 Å². The Morgan fingerprint density at radius 3 is 2.44 bits per heavy atom. The van der Waals surface area contributed by atoms with Gasteiger partial charge >= 0.3 is 0 Å². The van der Waals surface area contributed by atoms with Crippen LogP contribution in [0.5, 0.6) is 5.75 Å². The minimum absolute atomic E-state index is 0.459. The lowest BCUT2D eigenvalue weighted by Gasteiger charge is -2.15. The molecule has 0 bridgehead atoms. The van der Waals surface area contributed by atoms with E-state index in [4.69, 9.17) is 4.74 Å². The van der Waals surface area contributed by atoms with Crippen LogP contribution < -0.4 is 4.74 Å². The fourth-order valence-corrected chi connectivity index (χ4v) is 2.54. The fraction of sp³-hybridized carbons (Fsp3) is 0.571. The predicted molar refractivity (Wildman–Crippen MR) is 73.5 cm³/mol. The number of alkyl halides is 1. The third kappa shape index (κ3) is 3.82. The zero-order chi connectivity index (χ0) is 12.1. The second kappa shape index (κ2) is 6.29. The lowest BCUT2D eigenvalue weighted by Crippen LogP contribution is -1.97. The zero-order valence-electron chi connectivity index (χ0n) is 10.6. The summed E-state index contributed by atoms with van der Waals surface area (Å²) in [7, 11) is 1.71. The van der Waals surface area contributed by atoms with Crippen molar-refractivity contribution in [3.05, 3.63) is 29.3 Å². The summed E-state index contributed by atoms with van der Waals surface area (Å²) in [6.07, 6.45) is 2.44. The predicted octanol–water partition coefficient (Wildman–Crippen LogP) is 4.88. The van der Waals surface area contributed by atoms with Crippen LogP contribution in [0.15, 0.2) is 18.2 Å². The van der Waals surface area contributed by atoms with Gasteiger partial charge in [0.1, 0.15) is 5.75 Å². The molecular formula is C14H21BrO. The van der Waals surface area contributed by atoms with E-state index in [2.05, 4.69) is 48.8 Å². The number of benzene rings is 1. The van der Waals surface area contributed by atoms with Crippen LogP contribution in [0.25, 0.3) is 0 Å². The van der Waals surface area contributed by atoms with E-state index in [1.54, 1.807) is 7.11 Å². The number of hydrogen-bond acceptors (Lipinski definition) is 1. The summed E-state index contributed by atoms with van der Waals surface area (Å²) in [5.41, 5.74) is 2.67. The van der Waals surface area contributed by atoms with E-state index < -0.39 is 0 Å². The van der Waals surface area contributed by atoms with Crippen LogP contribution in [-0.2, 0) is 0 Å². The molecule has 0 spiro atoms. The second-order valence-corrected chi connectivity index (χ2v) is 5.77. The molecule has 0 radical (unpaired) electrons. The van der Waals surface area contributed by atoms with Crippen LogP contribution in [0, 0.1) is 12.8 Å². The molecule has 1 unspecified atom stereocenters. The smallest absolute Gasteiger partial charge is 0.119 e. The van der Waals surface area contributed by atoms with Gasteiger partial charge in [-0.2, -0.15) is 0 Å². The van der Waals surface area contributed by atoms with Crippen molar-refractivity contribution in [2.75, 3.05) is 7.11 Å². The number of aryl methyl sites for hydroxylation is 1. The Hall–Kier alpha value is -0.500. The Balaban J connectivity index is 2.71. The molecule has 16 heavy (non-hydrogen) atoms. The van der Waals surface area contributed by atoms with E-state index >= 15 is 0 Å². The number of halogens is 1. The molecule has 1 aromatic carbocycles. The second-order valence-electron chi connectivity index (χ2n) is 4.66. The molecule has 0 fully saturated rings. The van der Waals surface area contributed by atoms with Crippen LogP contribution in [0.4, 0.5) is 0 Å². The standard InChI is InChI=1S/C14H21BrO/c1-10(2)5-8-14(15)13-7-6-12(16-4)9-11(13)3/h6-7,9-10,14H,5,8H2,1-4H3. The van der Waals surface area contributed by atoms with Crippen molar-refractivity contribution in [1.82, 2.24) is 0 Å². The first-order valence-electron chi connectivity index (χ1n) is 5.83. The third-order valence-electron chi connectivity index (χ3n) is 2.81. The van der Waals surface area contributed by atoms with Gasteiger partial charge in [0.2, 0.25) is 0 Å². The van der Waals surface area contributed by atoms with Crippen molar-refractivity contribution >= 4 is 15.9 Å². The lowest BCUT2D eigenvalue weighted by atomic mass is 9.99. The summed E-state index contributed by atoms with van der Waals surface area (Å²) in [4.78, 5) is 0.459. The molecule has 0 aliphatic heterocycles. The molecule has 90 valence electrons. The highest BCUT2D eigenvalue weighted by Gasteiger charge is 2.11. The van der Waals surface area contributed by atoms with Crippen molar-refractivity contribution in [3.63, 3.8) is 0 Å². The van der Waals surface area contributed by atoms with Crippen molar-refractivity contribution in [2.24, 2.45) is 5.92 Å². The van der Waals surface area contributed by atoms with Gasteiger partial charge in [-0.25, -0.2) is 0 Å². The maximum Gasteiger partial charge on any atom is 0.119 e. The number of rotatable bonds is 5. The maximum absolute atomic E-state index is 5.21. The molecule has 1 nitrogen and oxygen atoms in total. The Morgan fingerprint density at radius 1 is 1.25 bits per heavy atom. The van der Waals surface area contributed by atoms with Crippen molar-refractivity contribution in [3.8, 4) is 5.75 Å². The van der Waals surface area contributed by atoms with Gasteiger partial charge in [-0.1, -0.05) is 35.8 Å². The van der Waals surface area contributed by atoms with E-state index in [1.165, 1.54) is 24.0 Å². The zero-order valence-corrected chi connectivity index (χ0v) is 12.2. The molecule has 2 heteroatoms. The summed E-state index contributed by atoms with van der Waals surface area (Å²) in [5, 5.41) is 0. The fourth-order valence-electron chi connectivity index (χ4n) is 1.76. The molecule has 0 aromatic heterocycles. The quantitative estimate of drug-likeness (QED) is 0.701. The Labute approximate surface area is 107 Å². The average molecular weight is 285 g/mol. The largest absolute Gasteiger partial charge is 0.497 e. The molecule has 0 aliphatic carbocycles. The minimum Gasteiger partial charge on any atom is -0.497 e. The van der Waals surface area contributed by atoms with E-state index in [0.717, 1.165) is 11.7 Å².